The van der Waals surface area contributed by atoms with E-state index in [9.17, 15) is 18.0 Å². The van der Waals surface area contributed by atoms with Crippen molar-refractivity contribution in [1.82, 2.24) is 5.32 Å². The van der Waals surface area contributed by atoms with Gasteiger partial charge >= 0.3 is 6.18 Å². The monoisotopic (exact) mass is 256 g/mol. The molecule has 0 saturated carbocycles. The molecule has 0 aromatic rings. The second kappa shape index (κ2) is 8.30. The highest BCUT2D eigenvalue weighted by molar-refractivity contribution is 5.76. The van der Waals surface area contributed by atoms with Crippen LogP contribution in [0.3, 0.4) is 0 Å². The molecule has 0 aliphatic rings. The van der Waals surface area contributed by atoms with Gasteiger partial charge in [0.1, 0.15) is 6.61 Å². The van der Waals surface area contributed by atoms with Gasteiger partial charge in [-0.1, -0.05) is 13.3 Å². The number of ether oxygens (including phenoxy) is 1. The van der Waals surface area contributed by atoms with Gasteiger partial charge < -0.3 is 15.8 Å². The Bertz CT molecular complexity index is 222. The zero-order valence-electron chi connectivity index (χ0n) is 9.85. The maximum absolute atomic E-state index is 11.7. The van der Waals surface area contributed by atoms with E-state index in [1.807, 2.05) is 6.92 Å². The Balaban J connectivity index is 3.65. The molecule has 1 unspecified atom stereocenters. The number of carbonyl (C=O) groups is 1. The lowest BCUT2D eigenvalue weighted by Gasteiger charge is -2.15. The quantitative estimate of drug-likeness (QED) is 0.641. The third-order valence-corrected chi connectivity index (χ3v) is 2.03. The Labute approximate surface area is 98.7 Å². The van der Waals surface area contributed by atoms with Crippen LogP contribution in [0.25, 0.3) is 0 Å². The van der Waals surface area contributed by atoms with Gasteiger partial charge in [0.2, 0.25) is 5.91 Å². The largest absolute Gasteiger partial charge is 0.411 e. The molecule has 7 heteroatoms. The molecular formula is C10H19F3N2O2. The van der Waals surface area contributed by atoms with E-state index in [1.54, 1.807) is 0 Å². The highest BCUT2D eigenvalue weighted by Crippen LogP contribution is 2.14. The lowest BCUT2D eigenvalue weighted by Crippen LogP contribution is -2.40. The predicted molar refractivity (Wildman–Crippen MR) is 57.4 cm³/mol. The number of hydrogen-bond donors (Lipinski definition) is 2. The molecule has 0 aliphatic heterocycles. The molecule has 0 radical (unpaired) electrons. The SMILES string of the molecule is CCCC(CN)NC(=O)CCOCC(F)(F)F. The van der Waals surface area contributed by atoms with E-state index in [-0.39, 0.29) is 25.0 Å². The van der Waals surface area contributed by atoms with Gasteiger partial charge in [-0.25, -0.2) is 0 Å². The van der Waals surface area contributed by atoms with E-state index in [0.717, 1.165) is 12.8 Å². The Morgan fingerprint density at radius 2 is 2.12 bits per heavy atom. The molecule has 0 aliphatic carbocycles. The fourth-order valence-electron chi connectivity index (χ4n) is 1.25. The van der Waals surface area contributed by atoms with Gasteiger partial charge in [-0.15, -0.1) is 0 Å². The van der Waals surface area contributed by atoms with Crippen molar-refractivity contribution in [2.24, 2.45) is 5.73 Å². The van der Waals surface area contributed by atoms with E-state index >= 15 is 0 Å². The van der Waals surface area contributed by atoms with Gasteiger partial charge in [0.05, 0.1) is 6.61 Å². The first kappa shape index (κ1) is 16.2. The fourth-order valence-corrected chi connectivity index (χ4v) is 1.25. The molecule has 0 aromatic carbocycles. The van der Waals surface area contributed by atoms with E-state index in [1.165, 1.54) is 0 Å². The number of nitrogens with two attached hydrogens (primary N) is 1. The summed E-state index contributed by atoms with van der Waals surface area (Å²) >= 11 is 0. The summed E-state index contributed by atoms with van der Waals surface area (Å²) in [5, 5.41) is 2.64. The minimum atomic E-state index is -4.35. The maximum Gasteiger partial charge on any atom is 0.411 e. The van der Waals surface area contributed by atoms with Crippen LogP contribution in [-0.4, -0.2) is 37.9 Å². The Hall–Kier alpha value is -0.820. The third-order valence-electron chi connectivity index (χ3n) is 2.03. The van der Waals surface area contributed by atoms with Gasteiger partial charge in [-0.3, -0.25) is 4.79 Å². The number of amides is 1. The summed E-state index contributed by atoms with van der Waals surface area (Å²) in [5.41, 5.74) is 5.42. The maximum atomic E-state index is 11.7. The molecule has 0 saturated heterocycles. The normalized spacial score (nSPS) is 13.5. The molecule has 102 valence electrons. The number of halogens is 3. The van der Waals surface area contributed by atoms with Crippen molar-refractivity contribution in [1.29, 1.82) is 0 Å². The molecule has 3 N–H and O–H groups in total. The molecular weight excluding hydrogens is 237 g/mol. The van der Waals surface area contributed by atoms with Gasteiger partial charge in [0.25, 0.3) is 0 Å². The predicted octanol–water partition coefficient (Wildman–Crippen LogP) is 1.20. The highest BCUT2D eigenvalue weighted by Gasteiger charge is 2.27. The third kappa shape index (κ3) is 10.1. The zero-order valence-corrected chi connectivity index (χ0v) is 9.85. The summed E-state index contributed by atoms with van der Waals surface area (Å²) in [6.45, 7) is 0.717. The number of nitrogens with one attached hydrogen (secondary N) is 1. The van der Waals surface area contributed by atoms with Crippen LogP contribution < -0.4 is 11.1 Å². The van der Waals surface area contributed by atoms with Crippen molar-refractivity contribution < 1.29 is 22.7 Å². The summed E-state index contributed by atoms with van der Waals surface area (Å²) in [6, 6.07) is -0.116. The van der Waals surface area contributed by atoms with Crippen LogP contribution in [0.4, 0.5) is 13.2 Å². The minimum Gasteiger partial charge on any atom is -0.372 e. The minimum absolute atomic E-state index is 0.0870. The first-order valence-corrected chi connectivity index (χ1v) is 5.53. The van der Waals surface area contributed by atoms with Crippen LogP contribution in [0.1, 0.15) is 26.2 Å². The molecule has 0 rings (SSSR count). The van der Waals surface area contributed by atoms with Crippen molar-refractivity contribution in [3.63, 3.8) is 0 Å². The van der Waals surface area contributed by atoms with E-state index in [0.29, 0.717) is 6.54 Å². The van der Waals surface area contributed by atoms with Crippen LogP contribution in [0.5, 0.6) is 0 Å². The molecule has 17 heavy (non-hydrogen) atoms. The van der Waals surface area contributed by atoms with E-state index < -0.39 is 12.8 Å². The smallest absolute Gasteiger partial charge is 0.372 e. The van der Waals surface area contributed by atoms with Gasteiger partial charge in [-0.05, 0) is 6.42 Å². The molecule has 0 fully saturated rings. The van der Waals surface area contributed by atoms with Crippen LogP contribution >= 0.6 is 0 Å². The van der Waals surface area contributed by atoms with Crippen molar-refractivity contribution in [2.45, 2.75) is 38.4 Å². The molecule has 0 aromatic heterocycles. The average Bonchev–Trinajstić information content (AvgIpc) is 2.22. The summed E-state index contributed by atoms with van der Waals surface area (Å²) in [6.07, 6.45) is -2.80. The number of hydrogen-bond acceptors (Lipinski definition) is 3. The summed E-state index contributed by atoms with van der Waals surface area (Å²) in [7, 11) is 0. The molecule has 0 heterocycles. The average molecular weight is 256 g/mol. The van der Waals surface area contributed by atoms with Crippen molar-refractivity contribution in [3.8, 4) is 0 Å². The second-order valence-electron chi connectivity index (χ2n) is 3.71. The van der Waals surface area contributed by atoms with Crippen LogP contribution in [0.2, 0.25) is 0 Å². The van der Waals surface area contributed by atoms with E-state index in [4.69, 9.17) is 5.73 Å². The first-order chi connectivity index (χ1) is 7.89. The molecule has 1 atom stereocenters. The molecule has 4 nitrogen and oxygen atoms in total. The van der Waals surface area contributed by atoms with Crippen molar-refractivity contribution in [3.05, 3.63) is 0 Å². The lowest BCUT2D eigenvalue weighted by molar-refractivity contribution is -0.174. The molecule has 0 bridgehead atoms. The standard InChI is InChI=1S/C10H19F3N2O2/c1-2-3-8(6-14)15-9(16)4-5-17-7-10(11,12)13/h8H,2-7,14H2,1H3,(H,15,16). The van der Waals surface area contributed by atoms with Crippen LogP contribution in [0.15, 0.2) is 0 Å². The zero-order chi connectivity index (χ0) is 13.3. The van der Waals surface area contributed by atoms with Crippen LogP contribution in [0, 0.1) is 0 Å². The highest BCUT2D eigenvalue weighted by atomic mass is 19.4. The van der Waals surface area contributed by atoms with E-state index in [2.05, 4.69) is 10.1 Å². The van der Waals surface area contributed by atoms with Gasteiger partial charge in [0.15, 0.2) is 0 Å². The Morgan fingerprint density at radius 3 is 2.59 bits per heavy atom. The Morgan fingerprint density at radius 1 is 1.47 bits per heavy atom. The van der Waals surface area contributed by atoms with Crippen molar-refractivity contribution in [2.75, 3.05) is 19.8 Å². The number of alkyl halides is 3. The molecule has 1 amide bonds. The Kier molecular flexibility index (Phi) is 7.90. The summed E-state index contributed by atoms with van der Waals surface area (Å²) < 4.78 is 39.4. The topological polar surface area (TPSA) is 64.3 Å². The number of rotatable bonds is 8. The van der Waals surface area contributed by atoms with Gasteiger partial charge in [-0.2, -0.15) is 13.2 Å². The first-order valence-electron chi connectivity index (χ1n) is 5.53. The summed E-state index contributed by atoms with van der Waals surface area (Å²) in [5.74, 6) is -0.337. The summed E-state index contributed by atoms with van der Waals surface area (Å²) in [4.78, 5) is 11.3. The van der Waals surface area contributed by atoms with Crippen LogP contribution in [-0.2, 0) is 9.53 Å². The van der Waals surface area contributed by atoms with Gasteiger partial charge in [0, 0.05) is 19.0 Å². The fraction of sp³-hybridized carbons (Fsp3) is 0.900. The second-order valence-corrected chi connectivity index (χ2v) is 3.71. The van der Waals surface area contributed by atoms with Crippen molar-refractivity contribution >= 4 is 5.91 Å². The lowest BCUT2D eigenvalue weighted by atomic mass is 10.1. The molecule has 0 spiro atoms. The number of carbonyl (C=O) groups excluding carboxylic acids is 1.